The molecule has 9 nitrogen and oxygen atoms in total. The van der Waals surface area contributed by atoms with Crippen LogP contribution in [-0.2, 0) is 0 Å². The largest absolute Gasteiger partial charge is 0.870 e. The molecule has 4 rings (SSSR count). The van der Waals surface area contributed by atoms with Crippen molar-refractivity contribution in [1.82, 2.24) is 9.90 Å². The molecule has 0 saturated carbocycles. The minimum atomic E-state index is -4.82. The maximum atomic E-state index is 12.3. The zero-order valence-corrected chi connectivity index (χ0v) is 14.2. The summed E-state index contributed by atoms with van der Waals surface area (Å²) in [4.78, 5) is 10.8. The third-order valence-electron chi connectivity index (χ3n) is 4.03. The van der Waals surface area contributed by atoms with Crippen molar-refractivity contribution in [1.29, 1.82) is 0 Å². The normalized spacial score (nSPS) is 11.4. The monoisotopic (exact) mass is 408 g/mol. The lowest BCUT2D eigenvalue weighted by molar-refractivity contribution is -0.556. The number of aromatic hydroxyl groups is 1. The minimum Gasteiger partial charge on any atom is -0.870 e. The zero-order chi connectivity index (χ0) is 20.1. The molecule has 12 heteroatoms. The first kappa shape index (κ1) is 19.8. The van der Waals surface area contributed by atoms with Crippen LogP contribution in [0.1, 0.15) is 0 Å². The number of nitro groups is 1. The van der Waals surface area contributed by atoms with Crippen LogP contribution in [0.2, 0.25) is 0 Å². The number of halogens is 3. The summed E-state index contributed by atoms with van der Waals surface area (Å²) in [5.41, 5.74) is 0.487. The molecule has 29 heavy (non-hydrogen) atoms. The van der Waals surface area contributed by atoms with Crippen molar-refractivity contribution in [2.75, 3.05) is 0 Å². The molecule has 0 spiro atoms. The van der Waals surface area contributed by atoms with Crippen LogP contribution in [0, 0.1) is 10.1 Å². The van der Waals surface area contributed by atoms with E-state index < -0.39 is 22.9 Å². The molecule has 4 aromatic rings. The fourth-order valence-electron chi connectivity index (χ4n) is 2.88. The quantitative estimate of drug-likeness (QED) is 0.316. The number of rotatable bonds is 3. The van der Waals surface area contributed by atoms with Crippen LogP contribution in [-0.4, -0.2) is 31.8 Å². The Morgan fingerprint density at radius 1 is 1.10 bits per heavy atom. The number of benzene rings is 2. The average Bonchev–Trinajstić information content (AvgIpc) is 2.97. The Morgan fingerprint density at radius 2 is 1.76 bits per heavy atom. The van der Waals surface area contributed by atoms with Gasteiger partial charge in [-0.1, -0.05) is 21.3 Å². The predicted molar refractivity (Wildman–Crippen MR) is 91.2 cm³/mol. The molecule has 0 atom stereocenters. The molecule has 0 amide bonds. The summed E-state index contributed by atoms with van der Waals surface area (Å²) in [7, 11) is 0. The van der Waals surface area contributed by atoms with Gasteiger partial charge in [0.05, 0.1) is 11.0 Å². The van der Waals surface area contributed by atoms with E-state index in [0.29, 0.717) is 10.9 Å². The first-order chi connectivity index (χ1) is 13.2. The van der Waals surface area contributed by atoms with Crippen LogP contribution in [0.4, 0.5) is 18.9 Å². The average molecular weight is 408 g/mol. The summed E-state index contributed by atoms with van der Waals surface area (Å²) in [5, 5.41) is 26.4. The molecule has 2 N–H and O–H groups in total. The molecule has 2 heterocycles. The van der Waals surface area contributed by atoms with Gasteiger partial charge in [0.25, 0.3) is 5.69 Å². The Hall–Kier alpha value is -3.93. The first-order valence-electron chi connectivity index (χ1n) is 7.81. The Balaban J connectivity index is 0.00000240. The highest BCUT2D eigenvalue weighted by Gasteiger charge is 2.31. The maximum Gasteiger partial charge on any atom is 0.573 e. The molecule has 0 bridgehead atoms. The Kier molecular flexibility index (Phi) is 4.72. The number of nitrogens with zero attached hydrogens (tertiary/aromatic N) is 4. The highest BCUT2D eigenvalue weighted by molar-refractivity contribution is 5.87. The number of fused-ring (bicyclic) bond motifs is 3. The standard InChI is InChI=1S/C17H9F3N4O4.H2O/c18-17(19,20)28-11-7-5-10(6-8-11)22-16(25)15-9-14(24(26)27)12-3-1-2-4-13(12)23(15)21-22;/h1-9H;1H2. The second-order valence-electron chi connectivity index (χ2n) is 5.77. The summed E-state index contributed by atoms with van der Waals surface area (Å²) < 4.78 is 43.0. The van der Waals surface area contributed by atoms with Gasteiger partial charge in [-0.3, -0.25) is 10.1 Å². The Labute approximate surface area is 159 Å². The van der Waals surface area contributed by atoms with Crippen LogP contribution in [0.5, 0.6) is 11.6 Å². The van der Waals surface area contributed by atoms with E-state index >= 15 is 0 Å². The van der Waals surface area contributed by atoms with Crippen molar-refractivity contribution < 1.29 is 37.9 Å². The summed E-state index contributed by atoms with van der Waals surface area (Å²) in [6.07, 6.45) is -4.82. The fourth-order valence-corrected chi connectivity index (χ4v) is 2.88. The van der Waals surface area contributed by atoms with Gasteiger partial charge in [-0.15, -0.1) is 13.2 Å². The highest BCUT2D eigenvalue weighted by Crippen LogP contribution is 2.30. The third kappa shape index (κ3) is 3.48. The Bertz CT molecular complexity index is 1220. The number of aromatic nitrogens is 3. The maximum absolute atomic E-state index is 12.3. The molecular formula is C17H11F3N4O5. The van der Waals surface area contributed by atoms with Gasteiger partial charge in [0, 0.05) is 0 Å². The molecule has 0 fully saturated rings. The molecule has 0 radical (unpaired) electrons. The smallest absolute Gasteiger partial charge is 0.573 e. The van der Waals surface area contributed by atoms with Gasteiger partial charge in [-0.2, -0.15) is 0 Å². The number of ether oxygens (including phenoxy) is 1. The number of alkyl halides is 3. The van der Waals surface area contributed by atoms with E-state index in [9.17, 15) is 28.4 Å². The van der Waals surface area contributed by atoms with Gasteiger partial charge < -0.3 is 15.3 Å². The number of hydrogen-bond acceptors (Lipinski definition) is 6. The Morgan fingerprint density at radius 3 is 2.38 bits per heavy atom. The van der Waals surface area contributed by atoms with Gasteiger partial charge in [0.1, 0.15) is 16.3 Å². The second kappa shape index (κ2) is 6.91. The predicted octanol–water partition coefficient (Wildman–Crippen LogP) is 3.10. The molecule has 0 aliphatic carbocycles. The van der Waals surface area contributed by atoms with Crippen molar-refractivity contribution in [2.45, 2.75) is 6.36 Å². The summed E-state index contributed by atoms with van der Waals surface area (Å²) in [6, 6.07) is 12.3. The topological polar surface area (TPSA) is 125 Å². The summed E-state index contributed by atoms with van der Waals surface area (Å²) in [5.74, 6) is -0.834. The van der Waals surface area contributed by atoms with Gasteiger partial charge >= 0.3 is 12.2 Å². The van der Waals surface area contributed by atoms with E-state index in [1.165, 1.54) is 22.7 Å². The third-order valence-corrected chi connectivity index (χ3v) is 4.03. The number of pyridine rings is 1. The van der Waals surface area contributed by atoms with Crippen LogP contribution < -0.4 is 9.25 Å². The van der Waals surface area contributed by atoms with Gasteiger partial charge in [-0.05, 0) is 36.4 Å². The van der Waals surface area contributed by atoms with Crippen molar-refractivity contribution >= 4 is 22.1 Å². The summed E-state index contributed by atoms with van der Waals surface area (Å²) in [6.45, 7) is 0. The van der Waals surface area contributed by atoms with Crippen molar-refractivity contribution in [2.24, 2.45) is 0 Å². The van der Waals surface area contributed by atoms with Crippen LogP contribution in [0.15, 0.2) is 54.6 Å². The van der Waals surface area contributed by atoms with Crippen molar-refractivity contribution in [3.63, 3.8) is 0 Å². The van der Waals surface area contributed by atoms with Crippen molar-refractivity contribution in [3.8, 4) is 17.3 Å². The van der Waals surface area contributed by atoms with Crippen LogP contribution >= 0.6 is 0 Å². The molecule has 2 aromatic heterocycles. The molecule has 0 saturated heterocycles. The van der Waals surface area contributed by atoms with E-state index in [2.05, 4.69) is 9.95 Å². The molecule has 0 aliphatic heterocycles. The molecule has 2 aromatic carbocycles. The van der Waals surface area contributed by atoms with E-state index in [4.69, 9.17) is 0 Å². The number of para-hydroxylation sites is 1. The number of hydrogen-bond donors (Lipinski definition) is 1. The van der Waals surface area contributed by atoms with Gasteiger partial charge in [-0.25, -0.2) is 0 Å². The minimum absolute atomic E-state index is 0. The van der Waals surface area contributed by atoms with Gasteiger partial charge in [0.2, 0.25) is 5.52 Å². The molecule has 150 valence electrons. The van der Waals surface area contributed by atoms with E-state index in [1.54, 1.807) is 24.3 Å². The van der Waals surface area contributed by atoms with Gasteiger partial charge in [0.15, 0.2) is 11.2 Å². The first-order valence-corrected chi connectivity index (χ1v) is 7.81. The molecular weight excluding hydrogens is 397 g/mol. The fraction of sp³-hybridized carbons (Fsp3) is 0.0588. The summed E-state index contributed by atoms with van der Waals surface area (Å²) >= 11 is 0. The van der Waals surface area contributed by atoms with Crippen LogP contribution in [0.3, 0.4) is 0 Å². The second-order valence-corrected chi connectivity index (χ2v) is 5.77. The zero-order valence-electron chi connectivity index (χ0n) is 14.2. The lowest BCUT2D eigenvalue weighted by Crippen LogP contribution is -2.26. The van der Waals surface area contributed by atoms with E-state index in [0.717, 1.165) is 16.8 Å². The molecule has 0 unspecified atom stereocenters. The lowest BCUT2D eigenvalue weighted by atomic mass is 10.2. The SMILES string of the molecule is O=[N+]([O-])c1cc2c(O)n(-c3ccc(OC(F)(F)F)cc3)n[n+]2c2ccccc12.[OH-]. The van der Waals surface area contributed by atoms with E-state index in [1.807, 2.05) is 0 Å². The van der Waals surface area contributed by atoms with Crippen molar-refractivity contribution in [3.05, 3.63) is 64.7 Å². The molecule has 0 aliphatic rings. The van der Waals surface area contributed by atoms with Crippen LogP contribution in [0.25, 0.3) is 22.1 Å². The van der Waals surface area contributed by atoms with E-state index in [-0.39, 0.29) is 22.4 Å². The highest BCUT2D eigenvalue weighted by atomic mass is 19.4. The lowest BCUT2D eigenvalue weighted by Gasteiger charge is -2.08.